The van der Waals surface area contributed by atoms with E-state index in [0.717, 1.165) is 32.1 Å². The fourth-order valence-corrected chi connectivity index (χ4v) is 3.09. The molecule has 0 unspecified atom stereocenters. The summed E-state index contributed by atoms with van der Waals surface area (Å²) in [5, 5.41) is 11.6. The van der Waals surface area contributed by atoms with Crippen molar-refractivity contribution in [3.8, 4) is 0 Å². The molecule has 0 aliphatic carbocycles. The van der Waals surface area contributed by atoms with Gasteiger partial charge in [-0.15, -0.1) is 6.58 Å². The number of unbranched alkanes of at least 4 members (excludes halogenated alkanes) is 12. The van der Waals surface area contributed by atoms with Crippen LogP contribution in [0, 0.1) is 0 Å². The highest BCUT2D eigenvalue weighted by Crippen LogP contribution is 2.12. The van der Waals surface area contributed by atoms with Crippen LogP contribution in [0.2, 0.25) is 0 Å². The number of rotatable bonds is 20. The fraction of sp³-hybridized carbons (Fsp3) is 0.818. The summed E-state index contributed by atoms with van der Waals surface area (Å²) in [7, 11) is 0. The second-order valence-electron chi connectivity index (χ2n) is 7.51. The molecular weight excluding hydrogens is 340 g/mol. The number of nitrogens with two attached hydrogens (primary N) is 1. The summed E-state index contributed by atoms with van der Waals surface area (Å²) in [5.41, 5.74) is 5.43. The van der Waals surface area contributed by atoms with E-state index in [0.29, 0.717) is 19.4 Å². The van der Waals surface area contributed by atoms with Gasteiger partial charge in [0.25, 0.3) is 0 Å². The van der Waals surface area contributed by atoms with Crippen LogP contribution in [0.1, 0.15) is 103 Å². The van der Waals surface area contributed by atoms with Crippen LogP contribution in [-0.4, -0.2) is 29.6 Å². The van der Waals surface area contributed by atoms with Gasteiger partial charge in [0.15, 0.2) is 0 Å². The molecule has 158 valence electrons. The number of carbonyl (C=O) groups is 2. The Morgan fingerprint density at radius 2 is 1.37 bits per heavy atom. The van der Waals surface area contributed by atoms with Crippen LogP contribution < -0.4 is 11.1 Å². The molecular formula is C22H42N2O3. The number of carboxylic acid groups (broad SMARTS) is 1. The Balaban J connectivity index is 3.23. The predicted molar refractivity (Wildman–Crippen MR) is 113 cm³/mol. The molecule has 0 aromatic carbocycles. The van der Waals surface area contributed by atoms with Crippen molar-refractivity contribution in [1.29, 1.82) is 0 Å². The molecule has 0 aliphatic heterocycles. The Labute approximate surface area is 166 Å². The zero-order valence-electron chi connectivity index (χ0n) is 17.2. The normalized spacial score (nSPS) is 11.9. The third kappa shape index (κ3) is 19.2. The van der Waals surface area contributed by atoms with Crippen molar-refractivity contribution in [3.05, 3.63) is 12.7 Å². The Hall–Kier alpha value is -1.36. The average molecular weight is 383 g/mol. The van der Waals surface area contributed by atoms with Crippen LogP contribution >= 0.6 is 0 Å². The molecule has 0 rings (SSSR count). The molecule has 0 aromatic rings. The first-order chi connectivity index (χ1) is 13.1. The van der Waals surface area contributed by atoms with Crippen LogP contribution in [0.25, 0.3) is 0 Å². The quantitative estimate of drug-likeness (QED) is 0.205. The lowest BCUT2D eigenvalue weighted by atomic mass is 10.0. The number of hydrogen-bond acceptors (Lipinski definition) is 3. The lowest BCUT2D eigenvalue weighted by Gasteiger charge is -2.07. The van der Waals surface area contributed by atoms with E-state index >= 15 is 0 Å². The summed E-state index contributed by atoms with van der Waals surface area (Å²) < 4.78 is 0. The van der Waals surface area contributed by atoms with E-state index in [9.17, 15) is 9.59 Å². The standard InChI is InChI=1S/C22H42N2O3/c1-2-3-4-5-6-7-8-9-10-11-12-13-14-18-21(25)24-19-16-15-17-20(23)22(26)27/h2,20H,1,3-19,23H2,(H,24,25)(H,26,27)/t20-/m0/s1. The molecule has 0 aliphatic rings. The predicted octanol–water partition coefficient (Wildman–Crippen LogP) is 4.94. The van der Waals surface area contributed by atoms with Gasteiger partial charge in [0.2, 0.25) is 5.91 Å². The number of aliphatic carboxylic acids is 1. The van der Waals surface area contributed by atoms with Crippen molar-refractivity contribution in [2.24, 2.45) is 5.73 Å². The minimum atomic E-state index is -0.960. The molecule has 0 aromatic heterocycles. The summed E-state index contributed by atoms with van der Waals surface area (Å²) in [6, 6.07) is -0.789. The summed E-state index contributed by atoms with van der Waals surface area (Å²) >= 11 is 0. The molecule has 4 N–H and O–H groups in total. The third-order valence-corrected chi connectivity index (χ3v) is 4.89. The molecule has 1 atom stereocenters. The first-order valence-corrected chi connectivity index (χ1v) is 10.9. The van der Waals surface area contributed by atoms with Gasteiger partial charge in [-0.3, -0.25) is 9.59 Å². The maximum Gasteiger partial charge on any atom is 0.320 e. The van der Waals surface area contributed by atoms with Gasteiger partial charge in [-0.1, -0.05) is 63.9 Å². The molecule has 5 nitrogen and oxygen atoms in total. The Morgan fingerprint density at radius 3 is 1.89 bits per heavy atom. The van der Waals surface area contributed by atoms with Crippen LogP contribution in [0.5, 0.6) is 0 Å². The largest absolute Gasteiger partial charge is 0.480 e. The van der Waals surface area contributed by atoms with Gasteiger partial charge in [0.1, 0.15) is 6.04 Å². The monoisotopic (exact) mass is 382 g/mol. The summed E-state index contributed by atoms with van der Waals surface area (Å²) in [4.78, 5) is 22.3. The van der Waals surface area contributed by atoms with Crippen molar-refractivity contribution in [2.45, 2.75) is 109 Å². The first kappa shape index (κ1) is 25.6. The molecule has 0 fully saturated rings. The maximum atomic E-state index is 11.7. The molecule has 5 heteroatoms. The zero-order valence-corrected chi connectivity index (χ0v) is 17.2. The van der Waals surface area contributed by atoms with Crippen molar-refractivity contribution in [1.82, 2.24) is 5.32 Å². The highest BCUT2D eigenvalue weighted by Gasteiger charge is 2.10. The highest BCUT2D eigenvalue weighted by atomic mass is 16.4. The molecule has 0 saturated carbocycles. The van der Waals surface area contributed by atoms with Crippen LogP contribution in [0.3, 0.4) is 0 Å². The summed E-state index contributed by atoms with van der Waals surface area (Å²) in [6.07, 6.45) is 19.7. The van der Waals surface area contributed by atoms with Gasteiger partial charge in [-0.25, -0.2) is 0 Å². The molecule has 1 amide bonds. The van der Waals surface area contributed by atoms with E-state index in [4.69, 9.17) is 10.8 Å². The lowest BCUT2D eigenvalue weighted by Crippen LogP contribution is -2.30. The van der Waals surface area contributed by atoms with E-state index in [-0.39, 0.29) is 5.91 Å². The van der Waals surface area contributed by atoms with Gasteiger partial charge in [0.05, 0.1) is 0 Å². The second kappa shape index (κ2) is 19.4. The first-order valence-electron chi connectivity index (χ1n) is 10.9. The van der Waals surface area contributed by atoms with Crippen molar-refractivity contribution in [3.63, 3.8) is 0 Å². The number of allylic oxidation sites excluding steroid dienone is 1. The summed E-state index contributed by atoms with van der Waals surface area (Å²) in [5.74, 6) is -0.854. The van der Waals surface area contributed by atoms with Crippen LogP contribution in [0.4, 0.5) is 0 Å². The van der Waals surface area contributed by atoms with E-state index < -0.39 is 12.0 Å². The number of nitrogens with one attached hydrogen (secondary N) is 1. The van der Waals surface area contributed by atoms with Gasteiger partial charge >= 0.3 is 5.97 Å². The topological polar surface area (TPSA) is 92.4 Å². The molecule has 0 bridgehead atoms. The Bertz CT molecular complexity index is 386. The molecule has 0 spiro atoms. The Kier molecular flexibility index (Phi) is 18.4. The minimum Gasteiger partial charge on any atom is -0.480 e. The van der Waals surface area contributed by atoms with Crippen LogP contribution in [0.15, 0.2) is 12.7 Å². The van der Waals surface area contributed by atoms with Gasteiger partial charge in [-0.2, -0.15) is 0 Å². The summed E-state index contributed by atoms with van der Waals surface area (Å²) in [6.45, 7) is 4.36. The molecule has 0 radical (unpaired) electrons. The highest BCUT2D eigenvalue weighted by molar-refractivity contribution is 5.75. The SMILES string of the molecule is C=CCCCCCCCCCCCCCC(=O)NCCCC[C@H](N)C(=O)O. The van der Waals surface area contributed by atoms with E-state index in [1.54, 1.807) is 0 Å². The maximum absolute atomic E-state index is 11.7. The fourth-order valence-electron chi connectivity index (χ4n) is 3.09. The number of carbonyl (C=O) groups excluding carboxylic acids is 1. The van der Waals surface area contributed by atoms with E-state index in [1.165, 1.54) is 57.8 Å². The minimum absolute atomic E-state index is 0.106. The van der Waals surface area contributed by atoms with E-state index in [1.807, 2.05) is 6.08 Å². The molecule has 0 saturated heterocycles. The number of carboxylic acids is 1. The van der Waals surface area contributed by atoms with Crippen molar-refractivity contribution < 1.29 is 14.7 Å². The smallest absolute Gasteiger partial charge is 0.320 e. The van der Waals surface area contributed by atoms with Crippen LogP contribution in [-0.2, 0) is 9.59 Å². The zero-order chi connectivity index (χ0) is 20.2. The number of amides is 1. The second-order valence-corrected chi connectivity index (χ2v) is 7.51. The molecule has 27 heavy (non-hydrogen) atoms. The van der Waals surface area contributed by atoms with E-state index in [2.05, 4.69) is 11.9 Å². The molecule has 0 heterocycles. The number of hydrogen-bond donors (Lipinski definition) is 3. The Morgan fingerprint density at radius 1 is 0.852 bits per heavy atom. The third-order valence-electron chi connectivity index (χ3n) is 4.89. The lowest BCUT2D eigenvalue weighted by molar-refractivity contribution is -0.138. The van der Waals surface area contributed by atoms with Gasteiger partial charge in [0, 0.05) is 13.0 Å². The van der Waals surface area contributed by atoms with Crippen molar-refractivity contribution in [2.75, 3.05) is 6.54 Å². The van der Waals surface area contributed by atoms with Gasteiger partial charge in [-0.05, 0) is 38.5 Å². The average Bonchev–Trinajstić information content (AvgIpc) is 2.64. The van der Waals surface area contributed by atoms with Gasteiger partial charge < -0.3 is 16.2 Å². The van der Waals surface area contributed by atoms with Crippen molar-refractivity contribution >= 4 is 11.9 Å².